The molecule has 1 aliphatic rings. The number of ether oxygens (including phenoxy) is 1. The molecule has 1 aliphatic heterocycles. The van der Waals surface area contributed by atoms with Gasteiger partial charge in [0.25, 0.3) is 0 Å². The Labute approximate surface area is 109 Å². The highest BCUT2D eigenvalue weighted by Gasteiger charge is 2.31. The van der Waals surface area contributed by atoms with Gasteiger partial charge < -0.3 is 20.5 Å². The highest BCUT2D eigenvalue weighted by molar-refractivity contribution is 5.68. The number of nitrogens with two attached hydrogens (primary N) is 1. The van der Waals surface area contributed by atoms with E-state index in [2.05, 4.69) is 0 Å². The summed E-state index contributed by atoms with van der Waals surface area (Å²) in [6, 6.07) is 0.121. The van der Waals surface area contributed by atoms with Crippen LogP contribution in [0, 0.1) is 5.92 Å². The Hall–Kier alpha value is -0.810. The predicted molar refractivity (Wildman–Crippen MR) is 70.2 cm³/mol. The molecule has 106 valence electrons. The van der Waals surface area contributed by atoms with Gasteiger partial charge in [0.15, 0.2) is 0 Å². The Morgan fingerprint density at radius 3 is 2.72 bits per heavy atom. The molecule has 1 heterocycles. The van der Waals surface area contributed by atoms with Crippen molar-refractivity contribution in [2.45, 2.75) is 51.7 Å². The van der Waals surface area contributed by atoms with Crippen molar-refractivity contribution in [3.05, 3.63) is 0 Å². The molecule has 0 aromatic rings. The van der Waals surface area contributed by atoms with Crippen LogP contribution in [0.2, 0.25) is 0 Å². The third-order valence-electron chi connectivity index (χ3n) is 3.18. The van der Waals surface area contributed by atoms with E-state index in [1.807, 2.05) is 20.8 Å². The normalized spacial score (nSPS) is 25.1. The topological polar surface area (TPSA) is 75.8 Å². The van der Waals surface area contributed by atoms with E-state index in [0.717, 1.165) is 19.3 Å². The molecule has 0 unspecified atom stereocenters. The van der Waals surface area contributed by atoms with Gasteiger partial charge in [0.1, 0.15) is 5.60 Å². The number of piperidine rings is 1. The zero-order valence-electron chi connectivity index (χ0n) is 11.7. The van der Waals surface area contributed by atoms with Crippen molar-refractivity contribution < 1.29 is 14.6 Å². The quantitative estimate of drug-likeness (QED) is 0.801. The number of amides is 1. The van der Waals surface area contributed by atoms with Crippen LogP contribution in [0.25, 0.3) is 0 Å². The second-order valence-electron chi connectivity index (χ2n) is 6.00. The zero-order chi connectivity index (χ0) is 13.8. The standard InChI is InChI=1S/C13H26N2O3/c1-13(2,3)18-12(17)15-7-6-11(14)10(9-15)5-4-8-16/h10-11,16H,4-9,14H2,1-3H3/t10-,11+/m0/s1. The van der Waals surface area contributed by atoms with Crippen LogP contribution in [0.1, 0.15) is 40.0 Å². The van der Waals surface area contributed by atoms with Gasteiger partial charge in [0.2, 0.25) is 0 Å². The van der Waals surface area contributed by atoms with Crippen molar-refractivity contribution in [2.24, 2.45) is 11.7 Å². The third-order valence-corrected chi connectivity index (χ3v) is 3.18. The molecule has 0 radical (unpaired) electrons. The summed E-state index contributed by atoms with van der Waals surface area (Å²) in [5, 5.41) is 8.87. The molecule has 0 saturated carbocycles. The Balaban J connectivity index is 2.50. The van der Waals surface area contributed by atoms with Gasteiger partial charge >= 0.3 is 6.09 Å². The third kappa shape index (κ3) is 4.82. The van der Waals surface area contributed by atoms with Crippen LogP contribution in [-0.4, -0.2) is 47.4 Å². The fourth-order valence-electron chi connectivity index (χ4n) is 2.20. The summed E-state index contributed by atoms with van der Waals surface area (Å²) in [7, 11) is 0. The SMILES string of the molecule is CC(C)(C)OC(=O)N1CC[C@@H](N)[C@@H](CCCO)C1. The van der Waals surface area contributed by atoms with Crippen LogP contribution in [0.5, 0.6) is 0 Å². The van der Waals surface area contributed by atoms with Crippen molar-refractivity contribution in [1.82, 2.24) is 4.90 Å². The summed E-state index contributed by atoms with van der Waals surface area (Å²) in [5.74, 6) is 0.262. The first-order chi connectivity index (χ1) is 8.33. The van der Waals surface area contributed by atoms with Crippen LogP contribution < -0.4 is 5.73 Å². The van der Waals surface area contributed by atoms with Gasteiger partial charge in [-0.25, -0.2) is 4.79 Å². The van der Waals surface area contributed by atoms with E-state index in [0.29, 0.717) is 13.1 Å². The van der Waals surface area contributed by atoms with Gasteiger partial charge in [-0.05, 0) is 46.0 Å². The van der Waals surface area contributed by atoms with E-state index in [1.165, 1.54) is 0 Å². The largest absolute Gasteiger partial charge is 0.444 e. The van der Waals surface area contributed by atoms with E-state index < -0.39 is 5.60 Å². The Morgan fingerprint density at radius 1 is 1.50 bits per heavy atom. The van der Waals surface area contributed by atoms with Crippen LogP contribution in [0.15, 0.2) is 0 Å². The highest BCUT2D eigenvalue weighted by atomic mass is 16.6. The van der Waals surface area contributed by atoms with Gasteiger partial charge in [-0.1, -0.05) is 0 Å². The first-order valence-corrected chi connectivity index (χ1v) is 6.68. The van der Waals surface area contributed by atoms with E-state index in [1.54, 1.807) is 4.90 Å². The minimum absolute atomic E-state index is 0.121. The van der Waals surface area contributed by atoms with Crippen LogP contribution in [0.3, 0.4) is 0 Å². The Kier molecular flexibility index (Phi) is 5.41. The number of aliphatic hydroxyl groups is 1. The first kappa shape index (κ1) is 15.2. The average Bonchev–Trinajstić information content (AvgIpc) is 2.25. The fourth-order valence-corrected chi connectivity index (χ4v) is 2.20. The lowest BCUT2D eigenvalue weighted by Gasteiger charge is -2.37. The number of rotatable bonds is 3. The molecule has 1 fully saturated rings. The lowest BCUT2D eigenvalue weighted by Crippen LogP contribution is -2.50. The summed E-state index contributed by atoms with van der Waals surface area (Å²) in [6.07, 6.45) is 2.13. The van der Waals surface area contributed by atoms with Crippen LogP contribution >= 0.6 is 0 Å². The van der Waals surface area contributed by atoms with Gasteiger partial charge in [-0.15, -0.1) is 0 Å². The number of carbonyl (C=O) groups is 1. The smallest absolute Gasteiger partial charge is 0.410 e. The van der Waals surface area contributed by atoms with Crippen molar-refractivity contribution in [2.75, 3.05) is 19.7 Å². The lowest BCUT2D eigenvalue weighted by atomic mass is 9.89. The van der Waals surface area contributed by atoms with Crippen molar-refractivity contribution in [3.63, 3.8) is 0 Å². The van der Waals surface area contributed by atoms with Crippen molar-refractivity contribution >= 4 is 6.09 Å². The Bertz CT molecular complexity index is 276. The molecule has 1 rings (SSSR count). The molecule has 0 bridgehead atoms. The number of hydrogen-bond donors (Lipinski definition) is 2. The molecule has 1 saturated heterocycles. The van der Waals surface area contributed by atoms with E-state index >= 15 is 0 Å². The summed E-state index contributed by atoms with van der Waals surface area (Å²) in [5.41, 5.74) is 5.59. The van der Waals surface area contributed by atoms with Gasteiger partial charge in [0.05, 0.1) is 0 Å². The molecular weight excluding hydrogens is 232 g/mol. The molecule has 5 heteroatoms. The highest BCUT2D eigenvalue weighted by Crippen LogP contribution is 2.22. The van der Waals surface area contributed by atoms with Gasteiger partial charge in [-0.3, -0.25) is 0 Å². The fraction of sp³-hybridized carbons (Fsp3) is 0.923. The molecule has 0 aromatic heterocycles. The second kappa shape index (κ2) is 6.38. The number of carbonyl (C=O) groups excluding carboxylic acids is 1. The maximum absolute atomic E-state index is 12.0. The van der Waals surface area contributed by atoms with Crippen molar-refractivity contribution in [3.8, 4) is 0 Å². The number of nitrogens with zero attached hydrogens (tertiary/aromatic N) is 1. The molecule has 2 atom stereocenters. The molecule has 0 aliphatic carbocycles. The van der Waals surface area contributed by atoms with E-state index in [4.69, 9.17) is 15.6 Å². The summed E-state index contributed by atoms with van der Waals surface area (Å²) in [4.78, 5) is 13.7. The van der Waals surface area contributed by atoms with Gasteiger partial charge in [0, 0.05) is 25.7 Å². The summed E-state index contributed by atoms with van der Waals surface area (Å²) in [6.45, 7) is 7.06. The zero-order valence-corrected chi connectivity index (χ0v) is 11.7. The maximum atomic E-state index is 12.0. The lowest BCUT2D eigenvalue weighted by molar-refractivity contribution is 0.0140. The molecule has 1 amide bonds. The molecule has 3 N–H and O–H groups in total. The summed E-state index contributed by atoms with van der Waals surface area (Å²) < 4.78 is 5.36. The van der Waals surface area contributed by atoms with Crippen molar-refractivity contribution in [1.29, 1.82) is 0 Å². The predicted octanol–water partition coefficient (Wildman–Crippen LogP) is 1.34. The Morgan fingerprint density at radius 2 is 2.17 bits per heavy atom. The maximum Gasteiger partial charge on any atom is 0.410 e. The molecule has 5 nitrogen and oxygen atoms in total. The van der Waals surface area contributed by atoms with Gasteiger partial charge in [-0.2, -0.15) is 0 Å². The minimum Gasteiger partial charge on any atom is -0.444 e. The number of likely N-dealkylation sites (tertiary alicyclic amines) is 1. The molecule has 0 spiro atoms. The van der Waals surface area contributed by atoms with E-state index in [9.17, 15) is 4.79 Å². The molecule has 18 heavy (non-hydrogen) atoms. The average molecular weight is 258 g/mol. The number of aliphatic hydroxyl groups excluding tert-OH is 1. The second-order valence-corrected chi connectivity index (χ2v) is 6.00. The first-order valence-electron chi connectivity index (χ1n) is 6.68. The van der Waals surface area contributed by atoms with Crippen LogP contribution in [0.4, 0.5) is 4.79 Å². The monoisotopic (exact) mass is 258 g/mol. The molecular formula is C13H26N2O3. The van der Waals surface area contributed by atoms with Crippen LogP contribution in [-0.2, 0) is 4.74 Å². The number of hydrogen-bond acceptors (Lipinski definition) is 4. The van der Waals surface area contributed by atoms with E-state index in [-0.39, 0.29) is 24.7 Å². The molecule has 0 aromatic carbocycles. The summed E-state index contributed by atoms with van der Waals surface area (Å²) >= 11 is 0. The minimum atomic E-state index is -0.461.